The van der Waals surface area contributed by atoms with Crippen molar-refractivity contribution >= 4 is 17.3 Å². The molecule has 0 aromatic carbocycles. The first kappa shape index (κ1) is 7.91. The van der Waals surface area contributed by atoms with E-state index < -0.39 is 0 Å². The van der Waals surface area contributed by atoms with Crippen molar-refractivity contribution in [2.75, 3.05) is 0 Å². The topological polar surface area (TPSA) is 47.8 Å². The molecule has 2 heterocycles. The van der Waals surface area contributed by atoms with Crippen molar-refractivity contribution in [1.29, 1.82) is 0 Å². The molecule has 0 aliphatic rings. The molecule has 0 saturated carbocycles. The van der Waals surface area contributed by atoms with Crippen LogP contribution in [-0.2, 0) is 18.3 Å². The number of carbonyl (C=O) groups excluding carboxylic acids is 1. The Balaban J connectivity index is 2.56. The zero-order chi connectivity index (χ0) is 9.26. The maximum atomic E-state index is 10.3. The number of hydrogen-bond acceptors (Lipinski definition) is 3. The number of aldehydes is 1. The predicted octanol–water partition coefficient (Wildman–Crippen LogP) is 0.710. The summed E-state index contributed by atoms with van der Waals surface area (Å²) in [5.41, 5.74) is 1.77. The van der Waals surface area contributed by atoms with Crippen molar-refractivity contribution in [3.63, 3.8) is 0 Å². The van der Waals surface area contributed by atoms with E-state index in [0.717, 1.165) is 22.9 Å². The molecular formula is C9H9N3O. The quantitative estimate of drug-likeness (QED) is 0.631. The summed E-state index contributed by atoms with van der Waals surface area (Å²) in [6.07, 6.45) is 4.74. The van der Waals surface area contributed by atoms with Gasteiger partial charge in [-0.2, -0.15) is 5.10 Å². The Morgan fingerprint density at radius 1 is 1.54 bits per heavy atom. The van der Waals surface area contributed by atoms with E-state index in [-0.39, 0.29) is 0 Å². The SMILES string of the molecule is Cn1ncc2cc(CC=O)cnc21. The van der Waals surface area contributed by atoms with E-state index in [1.807, 2.05) is 13.1 Å². The lowest BCUT2D eigenvalue weighted by molar-refractivity contribution is -0.107. The van der Waals surface area contributed by atoms with Crippen molar-refractivity contribution < 1.29 is 4.79 Å². The highest BCUT2D eigenvalue weighted by atomic mass is 16.1. The lowest BCUT2D eigenvalue weighted by atomic mass is 10.2. The van der Waals surface area contributed by atoms with Crippen molar-refractivity contribution in [1.82, 2.24) is 14.8 Å². The highest BCUT2D eigenvalue weighted by Crippen LogP contribution is 2.11. The largest absolute Gasteiger partial charge is 0.303 e. The maximum Gasteiger partial charge on any atom is 0.157 e. The van der Waals surface area contributed by atoms with Gasteiger partial charge < -0.3 is 4.79 Å². The second-order valence-electron chi connectivity index (χ2n) is 2.90. The van der Waals surface area contributed by atoms with Crippen LogP contribution in [0, 0.1) is 0 Å². The van der Waals surface area contributed by atoms with E-state index in [0.29, 0.717) is 6.42 Å². The molecule has 0 unspecified atom stereocenters. The summed E-state index contributed by atoms with van der Waals surface area (Å²) < 4.78 is 1.71. The highest BCUT2D eigenvalue weighted by Gasteiger charge is 2.01. The third-order valence-corrected chi connectivity index (χ3v) is 1.95. The normalized spacial score (nSPS) is 10.5. The zero-order valence-corrected chi connectivity index (χ0v) is 7.27. The fourth-order valence-corrected chi connectivity index (χ4v) is 1.30. The minimum Gasteiger partial charge on any atom is -0.303 e. The molecule has 2 rings (SSSR count). The Labute approximate surface area is 75.2 Å². The molecule has 0 aliphatic heterocycles. The molecule has 0 N–H and O–H groups in total. The van der Waals surface area contributed by atoms with Gasteiger partial charge in [-0.25, -0.2) is 4.98 Å². The van der Waals surface area contributed by atoms with Crippen LogP contribution in [0.5, 0.6) is 0 Å². The Kier molecular flexibility index (Phi) is 1.81. The number of carbonyl (C=O) groups is 1. The van der Waals surface area contributed by atoms with E-state index in [9.17, 15) is 4.79 Å². The van der Waals surface area contributed by atoms with E-state index in [4.69, 9.17) is 0 Å². The van der Waals surface area contributed by atoms with Gasteiger partial charge >= 0.3 is 0 Å². The van der Waals surface area contributed by atoms with Gasteiger partial charge in [0, 0.05) is 25.1 Å². The van der Waals surface area contributed by atoms with Gasteiger partial charge in [-0.3, -0.25) is 4.68 Å². The molecule has 13 heavy (non-hydrogen) atoms. The first-order chi connectivity index (χ1) is 6.31. The van der Waals surface area contributed by atoms with Crippen molar-refractivity contribution in [2.24, 2.45) is 7.05 Å². The van der Waals surface area contributed by atoms with Gasteiger partial charge in [-0.1, -0.05) is 0 Å². The average Bonchev–Trinajstić information content (AvgIpc) is 2.48. The van der Waals surface area contributed by atoms with Crippen LogP contribution in [0.1, 0.15) is 5.56 Å². The summed E-state index contributed by atoms with van der Waals surface area (Å²) in [5.74, 6) is 0. The fourth-order valence-electron chi connectivity index (χ4n) is 1.30. The van der Waals surface area contributed by atoms with Crippen LogP contribution in [0.15, 0.2) is 18.5 Å². The smallest absolute Gasteiger partial charge is 0.157 e. The van der Waals surface area contributed by atoms with E-state index in [2.05, 4.69) is 10.1 Å². The standard InChI is InChI=1S/C9H9N3O/c1-12-9-8(6-11-12)4-7(2-3-13)5-10-9/h3-6H,2H2,1H3. The summed E-state index contributed by atoms with van der Waals surface area (Å²) in [4.78, 5) is 14.5. The second kappa shape index (κ2) is 2.97. The van der Waals surface area contributed by atoms with E-state index in [1.54, 1.807) is 17.1 Å². The lowest BCUT2D eigenvalue weighted by Crippen LogP contribution is -1.93. The molecule has 4 heteroatoms. The number of pyridine rings is 1. The minimum absolute atomic E-state index is 0.415. The Hall–Kier alpha value is -1.71. The number of nitrogens with zero attached hydrogens (tertiary/aromatic N) is 3. The van der Waals surface area contributed by atoms with E-state index in [1.165, 1.54) is 0 Å². The van der Waals surface area contributed by atoms with E-state index >= 15 is 0 Å². The number of rotatable bonds is 2. The molecule has 66 valence electrons. The molecule has 0 atom stereocenters. The fraction of sp³-hybridized carbons (Fsp3) is 0.222. The Morgan fingerprint density at radius 2 is 2.38 bits per heavy atom. The zero-order valence-electron chi connectivity index (χ0n) is 7.27. The summed E-state index contributed by atoms with van der Waals surface area (Å²) in [6, 6.07) is 1.93. The van der Waals surface area contributed by atoms with Gasteiger partial charge in [0.15, 0.2) is 5.65 Å². The highest BCUT2D eigenvalue weighted by molar-refractivity contribution is 5.75. The second-order valence-corrected chi connectivity index (χ2v) is 2.90. The molecule has 2 aromatic heterocycles. The molecule has 0 bridgehead atoms. The molecule has 0 fully saturated rings. The Morgan fingerprint density at radius 3 is 3.15 bits per heavy atom. The predicted molar refractivity (Wildman–Crippen MR) is 48.3 cm³/mol. The molecule has 0 amide bonds. The summed E-state index contributed by atoms with van der Waals surface area (Å²) >= 11 is 0. The van der Waals surface area contributed by atoms with Crippen molar-refractivity contribution in [2.45, 2.75) is 6.42 Å². The van der Waals surface area contributed by atoms with Gasteiger partial charge in [0.05, 0.1) is 6.20 Å². The van der Waals surface area contributed by atoms with Gasteiger partial charge in [0.2, 0.25) is 0 Å². The van der Waals surface area contributed by atoms with Crippen LogP contribution in [-0.4, -0.2) is 21.1 Å². The number of hydrogen-bond donors (Lipinski definition) is 0. The monoisotopic (exact) mass is 175 g/mol. The molecule has 2 aromatic rings. The molecule has 0 radical (unpaired) electrons. The van der Waals surface area contributed by atoms with Gasteiger partial charge in [-0.15, -0.1) is 0 Å². The molecule has 0 aliphatic carbocycles. The maximum absolute atomic E-state index is 10.3. The number of aryl methyl sites for hydroxylation is 1. The van der Waals surface area contributed by atoms with Crippen LogP contribution in [0.2, 0.25) is 0 Å². The van der Waals surface area contributed by atoms with Crippen LogP contribution in [0.4, 0.5) is 0 Å². The first-order valence-electron chi connectivity index (χ1n) is 4.01. The third-order valence-electron chi connectivity index (χ3n) is 1.95. The van der Waals surface area contributed by atoms with Crippen LogP contribution >= 0.6 is 0 Å². The number of aromatic nitrogens is 3. The van der Waals surface area contributed by atoms with Crippen LogP contribution in [0.25, 0.3) is 11.0 Å². The molecule has 4 nitrogen and oxygen atoms in total. The molecular weight excluding hydrogens is 166 g/mol. The van der Waals surface area contributed by atoms with Gasteiger partial charge in [0.25, 0.3) is 0 Å². The van der Waals surface area contributed by atoms with Gasteiger partial charge in [0.1, 0.15) is 6.29 Å². The van der Waals surface area contributed by atoms with Gasteiger partial charge in [-0.05, 0) is 11.6 Å². The van der Waals surface area contributed by atoms with Crippen LogP contribution < -0.4 is 0 Å². The molecule has 0 saturated heterocycles. The third kappa shape index (κ3) is 1.30. The first-order valence-corrected chi connectivity index (χ1v) is 4.01. The lowest BCUT2D eigenvalue weighted by Gasteiger charge is -1.95. The Bertz CT molecular complexity index is 447. The average molecular weight is 175 g/mol. The van der Waals surface area contributed by atoms with Crippen molar-refractivity contribution in [3.05, 3.63) is 24.0 Å². The minimum atomic E-state index is 0.415. The van der Waals surface area contributed by atoms with Crippen molar-refractivity contribution in [3.8, 4) is 0 Å². The van der Waals surface area contributed by atoms with Crippen LogP contribution in [0.3, 0.4) is 0 Å². The molecule has 0 spiro atoms. The number of fused-ring (bicyclic) bond motifs is 1. The summed E-state index contributed by atoms with van der Waals surface area (Å²) in [5, 5.41) is 5.04. The summed E-state index contributed by atoms with van der Waals surface area (Å²) in [6.45, 7) is 0. The summed E-state index contributed by atoms with van der Waals surface area (Å²) in [7, 11) is 1.84.